The minimum Gasteiger partial charge on any atom is -0.381 e. The number of ether oxygens (including phenoxy) is 1. The average molecular weight is 389 g/mol. The van der Waals surface area contributed by atoms with Crippen LogP contribution in [0.3, 0.4) is 0 Å². The Kier molecular flexibility index (Phi) is 5.61. The van der Waals surface area contributed by atoms with Gasteiger partial charge in [-0.2, -0.15) is 4.98 Å². The highest BCUT2D eigenvalue weighted by atomic mass is 35.5. The number of hydrogen-bond acceptors (Lipinski definition) is 7. The maximum absolute atomic E-state index is 6.21. The van der Waals surface area contributed by atoms with E-state index in [-0.39, 0.29) is 0 Å². The molecule has 2 aromatic rings. The summed E-state index contributed by atoms with van der Waals surface area (Å²) in [6, 6.07) is 8.40. The number of benzene rings is 1. The second kappa shape index (κ2) is 8.29. The van der Waals surface area contributed by atoms with Crippen molar-refractivity contribution in [1.82, 2.24) is 14.9 Å². The zero-order valence-electron chi connectivity index (χ0n) is 15.5. The molecule has 0 unspecified atom stereocenters. The van der Waals surface area contributed by atoms with Crippen molar-refractivity contribution >= 4 is 34.7 Å². The number of nitrogens with zero attached hydrogens (tertiary/aromatic N) is 4. The Hall–Kier alpha value is -2.09. The van der Waals surface area contributed by atoms with E-state index < -0.39 is 0 Å². The molecule has 0 aliphatic carbocycles. The van der Waals surface area contributed by atoms with Crippen molar-refractivity contribution in [1.29, 1.82) is 0 Å². The minimum absolute atomic E-state index is 0.520. The molecule has 0 bridgehead atoms. The molecular formula is C19H25ClN6O. The topological polar surface area (TPSA) is 65.5 Å². The molecule has 0 radical (unpaired) electrons. The van der Waals surface area contributed by atoms with Gasteiger partial charge in [-0.05, 0) is 31.3 Å². The molecule has 1 aromatic heterocycles. The third kappa shape index (κ3) is 4.61. The summed E-state index contributed by atoms with van der Waals surface area (Å²) in [7, 11) is 2.17. The lowest BCUT2D eigenvalue weighted by Gasteiger charge is -2.34. The van der Waals surface area contributed by atoms with Crippen molar-refractivity contribution < 1.29 is 4.74 Å². The zero-order chi connectivity index (χ0) is 18.6. The van der Waals surface area contributed by atoms with Gasteiger partial charge < -0.3 is 25.2 Å². The summed E-state index contributed by atoms with van der Waals surface area (Å²) in [6.07, 6.45) is 1.62. The Morgan fingerprint density at radius 2 is 1.89 bits per heavy atom. The molecule has 2 N–H and O–H groups in total. The lowest BCUT2D eigenvalue weighted by Crippen LogP contribution is -2.44. The van der Waals surface area contributed by atoms with Crippen LogP contribution in [-0.4, -0.2) is 67.9 Å². The predicted molar refractivity (Wildman–Crippen MR) is 109 cm³/mol. The number of likely N-dealkylation sites (N-methyl/N-ethyl adjacent to an activating group) is 1. The Morgan fingerprint density at radius 3 is 2.56 bits per heavy atom. The fourth-order valence-electron chi connectivity index (χ4n) is 3.14. The Bertz CT molecular complexity index is 759. The van der Waals surface area contributed by atoms with E-state index >= 15 is 0 Å². The van der Waals surface area contributed by atoms with E-state index in [0.29, 0.717) is 22.7 Å². The van der Waals surface area contributed by atoms with Crippen molar-refractivity contribution in [3.63, 3.8) is 0 Å². The van der Waals surface area contributed by atoms with Gasteiger partial charge in [0.25, 0.3) is 0 Å². The van der Waals surface area contributed by atoms with Crippen LogP contribution in [-0.2, 0) is 4.74 Å². The molecule has 0 amide bonds. The summed E-state index contributed by atoms with van der Waals surface area (Å²) in [4.78, 5) is 13.5. The lowest BCUT2D eigenvalue weighted by molar-refractivity contribution is -0.0248. The second-order valence-corrected chi connectivity index (χ2v) is 7.54. The maximum atomic E-state index is 6.21. The van der Waals surface area contributed by atoms with Crippen molar-refractivity contribution in [2.75, 3.05) is 68.5 Å². The fourth-order valence-corrected chi connectivity index (χ4v) is 3.30. The van der Waals surface area contributed by atoms with Gasteiger partial charge in [0, 0.05) is 50.0 Å². The SMILES string of the molecule is CN1CCN(c2ccc(Nc3ncc(Cl)c(NCC4COC4)n3)cc2)CC1. The van der Waals surface area contributed by atoms with E-state index in [0.717, 1.165) is 51.6 Å². The van der Waals surface area contributed by atoms with Crippen LogP contribution in [0.2, 0.25) is 5.02 Å². The van der Waals surface area contributed by atoms with Crippen LogP contribution in [0.1, 0.15) is 0 Å². The number of rotatable bonds is 6. The number of halogens is 1. The van der Waals surface area contributed by atoms with Gasteiger partial charge in [0.05, 0.1) is 19.4 Å². The summed E-state index contributed by atoms with van der Waals surface area (Å²) in [5.41, 5.74) is 2.20. The molecule has 0 spiro atoms. The molecule has 1 aromatic carbocycles. The second-order valence-electron chi connectivity index (χ2n) is 7.14. The van der Waals surface area contributed by atoms with Gasteiger partial charge in [-0.25, -0.2) is 4.98 Å². The first kappa shape index (κ1) is 18.3. The molecule has 27 heavy (non-hydrogen) atoms. The van der Waals surface area contributed by atoms with Gasteiger partial charge in [-0.15, -0.1) is 0 Å². The third-order valence-electron chi connectivity index (χ3n) is 5.00. The Balaban J connectivity index is 1.38. The van der Waals surface area contributed by atoms with Crippen LogP contribution in [0.15, 0.2) is 30.5 Å². The van der Waals surface area contributed by atoms with Crippen molar-refractivity contribution in [3.05, 3.63) is 35.5 Å². The Labute approximate surface area is 164 Å². The van der Waals surface area contributed by atoms with Gasteiger partial charge >= 0.3 is 0 Å². The van der Waals surface area contributed by atoms with Gasteiger partial charge in [-0.1, -0.05) is 11.6 Å². The van der Waals surface area contributed by atoms with E-state index in [2.05, 4.69) is 61.7 Å². The number of nitrogens with one attached hydrogen (secondary N) is 2. The minimum atomic E-state index is 0.520. The van der Waals surface area contributed by atoms with Crippen LogP contribution in [0.25, 0.3) is 0 Å². The first-order valence-corrected chi connectivity index (χ1v) is 9.70. The van der Waals surface area contributed by atoms with Crippen molar-refractivity contribution in [3.8, 4) is 0 Å². The van der Waals surface area contributed by atoms with E-state index in [1.165, 1.54) is 5.69 Å². The largest absolute Gasteiger partial charge is 0.381 e. The van der Waals surface area contributed by atoms with Gasteiger partial charge in [0.2, 0.25) is 5.95 Å². The maximum Gasteiger partial charge on any atom is 0.229 e. The monoisotopic (exact) mass is 388 g/mol. The van der Waals surface area contributed by atoms with Gasteiger partial charge in [-0.3, -0.25) is 0 Å². The number of hydrogen-bond donors (Lipinski definition) is 2. The first-order valence-electron chi connectivity index (χ1n) is 9.32. The first-order chi connectivity index (χ1) is 13.2. The molecule has 7 nitrogen and oxygen atoms in total. The molecule has 4 rings (SSSR count). The van der Waals surface area contributed by atoms with E-state index in [9.17, 15) is 0 Å². The van der Waals surface area contributed by atoms with Crippen LogP contribution in [0, 0.1) is 5.92 Å². The smallest absolute Gasteiger partial charge is 0.229 e. The Morgan fingerprint density at radius 1 is 1.15 bits per heavy atom. The molecule has 3 heterocycles. The number of aromatic nitrogens is 2. The lowest BCUT2D eigenvalue weighted by atomic mass is 10.1. The molecule has 2 aliphatic heterocycles. The van der Waals surface area contributed by atoms with Crippen LogP contribution in [0.5, 0.6) is 0 Å². The highest BCUT2D eigenvalue weighted by Crippen LogP contribution is 2.24. The summed E-state index contributed by atoms with van der Waals surface area (Å²) < 4.78 is 5.19. The average Bonchev–Trinajstić information content (AvgIpc) is 2.64. The molecule has 0 saturated carbocycles. The summed E-state index contributed by atoms with van der Waals surface area (Å²) in [5, 5.41) is 7.05. The standard InChI is InChI=1S/C19H25ClN6O/c1-25-6-8-26(9-7-25)16-4-2-15(3-5-16)23-19-22-11-17(20)18(24-19)21-10-14-12-27-13-14/h2-5,11,14H,6-10,12-13H2,1H3,(H2,21,22,23,24). The highest BCUT2D eigenvalue weighted by Gasteiger charge is 2.19. The van der Waals surface area contributed by atoms with Crippen LogP contribution < -0.4 is 15.5 Å². The number of piperazine rings is 1. The molecule has 2 fully saturated rings. The quantitative estimate of drug-likeness (QED) is 0.788. The third-order valence-corrected chi connectivity index (χ3v) is 5.28. The van der Waals surface area contributed by atoms with E-state index in [4.69, 9.17) is 16.3 Å². The highest BCUT2D eigenvalue weighted by molar-refractivity contribution is 6.32. The molecule has 0 atom stereocenters. The summed E-state index contributed by atoms with van der Waals surface area (Å²) in [5.74, 6) is 1.70. The molecule has 2 aliphatic rings. The summed E-state index contributed by atoms with van der Waals surface area (Å²) in [6.45, 7) is 6.70. The van der Waals surface area contributed by atoms with E-state index in [1.807, 2.05) is 0 Å². The molecule has 144 valence electrons. The molecule has 8 heteroatoms. The fraction of sp³-hybridized carbons (Fsp3) is 0.474. The van der Waals surface area contributed by atoms with E-state index in [1.54, 1.807) is 6.20 Å². The van der Waals surface area contributed by atoms with Gasteiger partial charge in [0.15, 0.2) is 5.82 Å². The summed E-state index contributed by atoms with van der Waals surface area (Å²) >= 11 is 6.21. The molecule has 2 saturated heterocycles. The molecular weight excluding hydrogens is 364 g/mol. The normalized spacial score (nSPS) is 18.2. The van der Waals surface area contributed by atoms with Crippen molar-refractivity contribution in [2.24, 2.45) is 5.92 Å². The van der Waals surface area contributed by atoms with Gasteiger partial charge in [0.1, 0.15) is 5.02 Å². The van der Waals surface area contributed by atoms with Crippen LogP contribution >= 0.6 is 11.6 Å². The van der Waals surface area contributed by atoms with Crippen LogP contribution in [0.4, 0.5) is 23.1 Å². The van der Waals surface area contributed by atoms with Crippen molar-refractivity contribution in [2.45, 2.75) is 0 Å². The zero-order valence-corrected chi connectivity index (χ0v) is 16.2. The predicted octanol–water partition coefficient (Wildman–Crippen LogP) is 2.68. The number of anilines is 4.